The van der Waals surface area contributed by atoms with E-state index in [2.05, 4.69) is 26.1 Å². The Morgan fingerprint density at radius 3 is 2.47 bits per heavy atom. The zero-order valence-electron chi connectivity index (χ0n) is 20.4. The first-order chi connectivity index (χ1) is 15.1. The van der Waals surface area contributed by atoms with Gasteiger partial charge in [-0.05, 0) is 111 Å². The van der Waals surface area contributed by atoms with E-state index in [1.807, 2.05) is 0 Å². The number of fused-ring (bicyclic) bond motifs is 5. The summed E-state index contributed by atoms with van der Waals surface area (Å²) in [5.74, 6) is 3.25. The van der Waals surface area contributed by atoms with Crippen molar-refractivity contribution in [3.8, 4) is 0 Å². The Labute approximate surface area is 194 Å². The van der Waals surface area contributed by atoms with Gasteiger partial charge in [-0.25, -0.2) is 0 Å². The summed E-state index contributed by atoms with van der Waals surface area (Å²) in [7, 11) is 0. The fraction of sp³-hybridized carbons (Fsp3) is 0.926. The van der Waals surface area contributed by atoms with Gasteiger partial charge >= 0.3 is 0 Å². The van der Waals surface area contributed by atoms with Crippen LogP contribution in [0.15, 0.2) is 0 Å². The molecule has 0 radical (unpaired) electrons. The number of rotatable bonds is 7. The maximum absolute atomic E-state index is 12.1. The molecular formula is C27H44NO4-. The number of aliphatic hydroxyl groups excluding tert-OH is 1. The molecule has 5 nitrogen and oxygen atoms in total. The first-order valence-electron chi connectivity index (χ1n) is 13.3. The largest absolute Gasteiger partial charge is 0.550 e. The second-order valence-electron chi connectivity index (χ2n) is 12.3. The number of amides is 1. The van der Waals surface area contributed by atoms with Crippen LogP contribution in [0.25, 0.3) is 0 Å². The molecule has 4 fully saturated rings. The monoisotopic (exact) mass is 446 g/mol. The molecule has 5 heteroatoms. The van der Waals surface area contributed by atoms with E-state index in [1.165, 1.54) is 44.9 Å². The highest BCUT2D eigenvalue weighted by atomic mass is 16.4. The lowest BCUT2D eigenvalue weighted by Gasteiger charge is -2.61. The quantitative estimate of drug-likeness (QED) is 0.624. The van der Waals surface area contributed by atoms with E-state index in [1.54, 1.807) is 0 Å². The van der Waals surface area contributed by atoms with Crippen molar-refractivity contribution in [2.24, 2.45) is 46.3 Å². The first-order valence-corrected chi connectivity index (χ1v) is 13.3. The molecule has 0 aliphatic heterocycles. The molecule has 1 amide bonds. The van der Waals surface area contributed by atoms with Crippen LogP contribution in [-0.2, 0) is 9.59 Å². The van der Waals surface area contributed by atoms with Crippen molar-refractivity contribution in [2.45, 2.75) is 104 Å². The molecule has 32 heavy (non-hydrogen) atoms. The molecular weight excluding hydrogens is 402 g/mol. The molecule has 9 atom stereocenters. The van der Waals surface area contributed by atoms with E-state index in [9.17, 15) is 19.8 Å². The Balaban J connectivity index is 1.36. The molecule has 0 aromatic rings. The average molecular weight is 447 g/mol. The van der Waals surface area contributed by atoms with Crippen LogP contribution in [0.3, 0.4) is 0 Å². The fourth-order valence-corrected chi connectivity index (χ4v) is 9.16. The highest BCUT2D eigenvalue weighted by molar-refractivity contribution is 5.76. The van der Waals surface area contributed by atoms with E-state index in [0.717, 1.165) is 37.0 Å². The molecule has 4 aliphatic carbocycles. The summed E-state index contributed by atoms with van der Waals surface area (Å²) < 4.78 is 0. The zero-order chi connectivity index (χ0) is 23.1. The zero-order valence-corrected chi connectivity index (χ0v) is 20.4. The molecule has 0 unspecified atom stereocenters. The number of hydrogen-bond donors (Lipinski definition) is 2. The van der Waals surface area contributed by atoms with Crippen LogP contribution in [0.5, 0.6) is 0 Å². The van der Waals surface area contributed by atoms with E-state index in [-0.39, 0.29) is 25.0 Å². The van der Waals surface area contributed by atoms with Crippen molar-refractivity contribution in [3.05, 3.63) is 0 Å². The normalized spacial score (nSPS) is 44.1. The van der Waals surface area contributed by atoms with Gasteiger partial charge in [-0.2, -0.15) is 0 Å². The van der Waals surface area contributed by atoms with Crippen molar-refractivity contribution >= 4 is 11.9 Å². The van der Waals surface area contributed by atoms with Crippen LogP contribution in [0.4, 0.5) is 0 Å². The molecule has 0 aromatic heterocycles. The van der Waals surface area contributed by atoms with E-state index in [0.29, 0.717) is 35.0 Å². The van der Waals surface area contributed by atoms with Gasteiger partial charge in [0, 0.05) is 25.4 Å². The Bertz CT molecular complexity index is 710. The molecule has 0 aromatic carbocycles. The number of carbonyl (C=O) groups is 2. The highest BCUT2D eigenvalue weighted by Crippen LogP contribution is 2.68. The summed E-state index contributed by atoms with van der Waals surface area (Å²) in [4.78, 5) is 22.7. The molecule has 182 valence electrons. The topological polar surface area (TPSA) is 89.5 Å². The summed E-state index contributed by atoms with van der Waals surface area (Å²) in [5.41, 5.74) is 0.820. The summed E-state index contributed by atoms with van der Waals surface area (Å²) in [6.07, 6.45) is 12.3. The molecule has 0 bridgehead atoms. The van der Waals surface area contributed by atoms with Crippen molar-refractivity contribution in [3.63, 3.8) is 0 Å². The Morgan fingerprint density at radius 1 is 1.00 bits per heavy atom. The lowest BCUT2D eigenvalue weighted by Crippen LogP contribution is -2.54. The maximum Gasteiger partial charge on any atom is 0.220 e. The smallest absolute Gasteiger partial charge is 0.220 e. The van der Waals surface area contributed by atoms with Crippen molar-refractivity contribution in [1.82, 2.24) is 5.32 Å². The molecule has 2 N–H and O–H groups in total. The maximum atomic E-state index is 12.1. The summed E-state index contributed by atoms with van der Waals surface area (Å²) in [6, 6.07) is 0. The van der Waals surface area contributed by atoms with Gasteiger partial charge in [-0.3, -0.25) is 4.79 Å². The minimum absolute atomic E-state index is 0.0350. The number of hydrogen-bond acceptors (Lipinski definition) is 4. The third kappa shape index (κ3) is 4.35. The highest BCUT2D eigenvalue weighted by Gasteiger charge is 2.60. The molecule has 0 spiro atoms. The van der Waals surface area contributed by atoms with Crippen LogP contribution in [0.2, 0.25) is 0 Å². The molecule has 0 heterocycles. The number of carbonyl (C=O) groups excluding carboxylic acids is 2. The second-order valence-corrected chi connectivity index (χ2v) is 12.3. The fourth-order valence-electron chi connectivity index (χ4n) is 9.16. The van der Waals surface area contributed by atoms with Gasteiger partial charge < -0.3 is 20.3 Å². The second kappa shape index (κ2) is 9.27. The minimum Gasteiger partial charge on any atom is -0.550 e. The number of aliphatic carboxylic acids is 1. The van der Waals surface area contributed by atoms with E-state index < -0.39 is 5.97 Å². The average Bonchev–Trinajstić information content (AvgIpc) is 3.09. The third-order valence-electron chi connectivity index (χ3n) is 10.9. The number of carboxylic acid groups (broad SMARTS) is 1. The van der Waals surface area contributed by atoms with Gasteiger partial charge in [0.05, 0.1) is 6.10 Å². The van der Waals surface area contributed by atoms with Crippen LogP contribution in [0.1, 0.15) is 97.8 Å². The Morgan fingerprint density at radius 2 is 1.72 bits per heavy atom. The number of nitrogens with one attached hydrogen (secondary N) is 1. The standard InChI is InChI=1S/C27H45NO4/c1-17(4-9-24(30)28-15-12-25(31)32)21-7-8-22-20-6-5-18-16-19(29)10-13-26(18,2)23(20)11-14-27(21,22)3/h17-23,29H,4-16H2,1-3H3,(H,28,30)(H,31,32)/p-1/t17-,18-,19-,20+,21-,22+,23+,26+,27-/m1/s1. The molecule has 4 rings (SSSR count). The van der Waals surface area contributed by atoms with Crippen molar-refractivity contribution in [2.75, 3.05) is 6.54 Å². The van der Waals surface area contributed by atoms with E-state index in [4.69, 9.17) is 0 Å². The number of carboxylic acids is 1. The third-order valence-corrected chi connectivity index (χ3v) is 10.9. The first kappa shape index (κ1) is 24.0. The van der Waals surface area contributed by atoms with Crippen LogP contribution < -0.4 is 10.4 Å². The van der Waals surface area contributed by atoms with Crippen LogP contribution >= 0.6 is 0 Å². The molecule has 4 aliphatic rings. The van der Waals surface area contributed by atoms with Gasteiger partial charge in [-0.15, -0.1) is 0 Å². The van der Waals surface area contributed by atoms with Crippen LogP contribution in [0, 0.1) is 46.3 Å². The lowest BCUT2D eigenvalue weighted by atomic mass is 9.44. The van der Waals surface area contributed by atoms with Gasteiger partial charge in [0.25, 0.3) is 0 Å². The van der Waals surface area contributed by atoms with Gasteiger partial charge in [0.2, 0.25) is 5.91 Å². The lowest BCUT2D eigenvalue weighted by molar-refractivity contribution is -0.305. The Hall–Kier alpha value is -1.10. The van der Waals surface area contributed by atoms with Crippen molar-refractivity contribution in [1.29, 1.82) is 0 Å². The van der Waals surface area contributed by atoms with Crippen molar-refractivity contribution < 1.29 is 19.8 Å². The van der Waals surface area contributed by atoms with Gasteiger partial charge in [0.1, 0.15) is 0 Å². The predicted molar refractivity (Wildman–Crippen MR) is 122 cm³/mol. The summed E-state index contributed by atoms with van der Waals surface area (Å²) >= 11 is 0. The summed E-state index contributed by atoms with van der Waals surface area (Å²) in [5, 5.41) is 23.5. The molecule has 0 saturated heterocycles. The Kier molecular flexibility index (Phi) is 6.96. The predicted octanol–water partition coefficient (Wildman–Crippen LogP) is 3.68. The molecule has 4 saturated carbocycles. The van der Waals surface area contributed by atoms with Gasteiger partial charge in [0.15, 0.2) is 0 Å². The minimum atomic E-state index is -1.12. The van der Waals surface area contributed by atoms with Gasteiger partial charge in [-0.1, -0.05) is 20.8 Å². The number of aliphatic hydroxyl groups is 1. The SMILES string of the molecule is C[C@H](CCC(=O)NCCC(=O)[O-])[C@H]1CC[C@H]2[C@@H]3CC[C@@H]4C[C@H](O)CC[C@]4(C)[C@H]3CC[C@]12C. The van der Waals surface area contributed by atoms with Crippen LogP contribution in [-0.4, -0.2) is 29.6 Å². The van der Waals surface area contributed by atoms with E-state index >= 15 is 0 Å². The summed E-state index contributed by atoms with van der Waals surface area (Å²) in [6.45, 7) is 7.61.